The molecule has 1 aliphatic rings. The molecule has 0 aromatic carbocycles. The summed E-state index contributed by atoms with van der Waals surface area (Å²) < 4.78 is 5.30. The second-order valence-electron chi connectivity index (χ2n) is 3.51. The van der Waals surface area contributed by atoms with E-state index in [4.69, 9.17) is 4.74 Å². The van der Waals surface area contributed by atoms with Gasteiger partial charge in [-0.15, -0.1) is 0 Å². The van der Waals surface area contributed by atoms with Gasteiger partial charge in [0, 0.05) is 13.1 Å². The molecule has 2 atom stereocenters. The fraction of sp³-hybridized carbons (Fsp3) is 0.778. The maximum Gasteiger partial charge on any atom is 1.00 e. The van der Waals surface area contributed by atoms with E-state index in [0.717, 1.165) is 6.54 Å². The second kappa shape index (κ2) is 8.57. The Bertz CT molecular complexity index is 244. The number of carbonyl (C=O) groups excluding carboxylic acids is 2. The summed E-state index contributed by atoms with van der Waals surface area (Å²) in [7, 11) is 0. The third-order valence-corrected chi connectivity index (χ3v) is 2.15. The number of nitrogens with one attached hydrogen (secondary N) is 2. The zero-order valence-corrected chi connectivity index (χ0v) is 12.7. The maximum absolute atomic E-state index is 11.3. The van der Waals surface area contributed by atoms with E-state index in [2.05, 4.69) is 10.6 Å². The van der Waals surface area contributed by atoms with E-state index in [-0.39, 0.29) is 69.8 Å². The van der Waals surface area contributed by atoms with E-state index in [1.54, 1.807) is 0 Å². The summed E-state index contributed by atoms with van der Waals surface area (Å²) in [4.78, 5) is 21.7. The van der Waals surface area contributed by atoms with E-state index in [1.807, 2.05) is 0 Å². The molecule has 0 radical (unpaired) electrons. The van der Waals surface area contributed by atoms with E-state index < -0.39 is 12.0 Å². The first-order chi connectivity index (χ1) is 7.09. The van der Waals surface area contributed by atoms with Crippen LogP contribution in [0.1, 0.15) is 13.3 Å². The van der Waals surface area contributed by atoms with Crippen LogP contribution in [0.4, 0.5) is 0 Å². The second-order valence-corrected chi connectivity index (χ2v) is 3.51. The van der Waals surface area contributed by atoms with Crippen molar-refractivity contribution in [3.05, 3.63) is 0 Å². The molecule has 2 N–H and O–H groups in total. The molecule has 1 unspecified atom stereocenters. The van der Waals surface area contributed by atoms with Crippen molar-refractivity contribution in [1.82, 2.24) is 10.6 Å². The van der Waals surface area contributed by atoms with E-state index >= 15 is 0 Å². The van der Waals surface area contributed by atoms with Crippen molar-refractivity contribution in [2.24, 2.45) is 0 Å². The molecule has 0 spiro atoms. The van der Waals surface area contributed by atoms with Crippen LogP contribution in [0, 0.1) is 0 Å². The summed E-state index contributed by atoms with van der Waals surface area (Å²) >= 11 is 0. The Balaban J connectivity index is 0.00000225. The molecule has 0 aromatic heterocycles. The number of hydrogen-bond donors (Lipinski definition) is 2. The van der Waals surface area contributed by atoms with Gasteiger partial charge in [-0.05, 0) is 6.92 Å². The van der Waals surface area contributed by atoms with Gasteiger partial charge < -0.3 is 25.3 Å². The average Bonchev–Trinajstić information content (AvgIpc) is 2.18. The van der Waals surface area contributed by atoms with Crippen LogP contribution in [-0.2, 0) is 14.3 Å². The summed E-state index contributed by atoms with van der Waals surface area (Å²) in [5, 5.41) is 15.8. The number of carboxylic acids is 1. The number of hydrogen-bond acceptors (Lipinski definition) is 5. The summed E-state index contributed by atoms with van der Waals surface area (Å²) in [6.07, 6.45) is -0.00217. The quantitative estimate of drug-likeness (QED) is 0.489. The van der Waals surface area contributed by atoms with Crippen LogP contribution < -0.4 is 67.1 Å². The Labute approximate surface area is 137 Å². The fourth-order valence-corrected chi connectivity index (χ4v) is 1.32. The van der Waals surface area contributed by atoms with Crippen LogP contribution in [0.2, 0.25) is 0 Å². The molecule has 1 heterocycles. The number of carboxylic acid groups (broad SMARTS) is 1. The maximum atomic E-state index is 11.3. The molecule has 1 rings (SSSR count). The van der Waals surface area contributed by atoms with Gasteiger partial charge in [0.2, 0.25) is 5.91 Å². The van der Waals surface area contributed by atoms with E-state index in [1.165, 1.54) is 6.92 Å². The van der Waals surface area contributed by atoms with Crippen molar-refractivity contribution in [2.75, 3.05) is 19.7 Å². The Morgan fingerprint density at radius 1 is 1.62 bits per heavy atom. The monoisotopic (exact) mass is 254 g/mol. The molecule has 0 aromatic rings. The summed E-state index contributed by atoms with van der Waals surface area (Å²) in [6.45, 7) is 3.35. The molecule has 1 amide bonds. The van der Waals surface area contributed by atoms with Crippen LogP contribution in [0.15, 0.2) is 0 Å². The predicted octanol–water partition coefficient (Wildman–Crippen LogP) is -5.38. The Morgan fingerprint density at radius 2 is 2.31 bits per heavy atom. The minimum Gasteiger partial charge on any atom is -0.548 e. The van der Waals surface area contributed by atoms with Crippen LogP contribution >= 0.6 is 0 Å². The minimum atomic E-state index is -1.29. The average molecular weight is 254 g/mol. The van der Waals surface area contributed by atoms with Crippen LogP contribution in [0.25, 0.3) is 0 Å². The summed E-state index contributed by atoms with van der Waals surface area (Å²) in [5.41, 5.74) is 0. The molecule has 16 heavy (non-hydrogen) atoms. The molecular weight excluding hydrogens is 239 g/mol. The van der Waals surface area contributed by atoms with Gasteiger partial charge in [-0.25, -0.2) is 0 Å². The third kappa shape index (κ3) is 6.29. The van der Waals surface area contributed by atoms with Gasteiger partial charge in [-0.1, -0.05) is 0 Å². The van der Waals surface area contributed by atoms with Gasteiger partial charge in [-0.3, -0.25) is 4.79 Å². The molecule has 86 valence electrons. The number of rotatable bonds is 4. The SMILES string of the molecule is C[C@H](NC(=O)CC1CNCCO1)C(=O)[O-].[K+]. The topological polar surface area (TPSA) is 90.5 Å². The molecule has 1 saturated heterocycles. The molecule has 7 heteroatoms. The van der Waals surface area contributed by atoms with Gasteiger partial charge >= 0.3 is 51.4 Å². The summed E-state index contributed by atoms with van der Waals surface area (Å²) in [6, 6.07) is -0.964. The van der Waals surface area contributed by atoms with Crippen molar-refractivity contribution in [1.29, 1.82) is 0 Å². The molecule has 1 aliphatic heterocycles. The van der Waals surface area contributed by atoms with Gasteiger partial charge in [0.15, 0.2) is 0 Å². The largest absolute Gasteiger partial charge is 1.00 e. The molecule has 1 fully saturated rings. The van der Waals surface area contributed by atoms with Crippen molar-refractivity contribution in [3.8, 4) is 0 Å². The number of aliphatic carboxylic acids is 1. The Hall–Kier alpha value is 0.496. The van der Waals surface area contributed by atoms with Gasteiger partial charge in [0.1, 0.15) is 0 Å². The van der Waals surface area contributed by atoms with Gasteiger partial charge in [0.25, 0.3) is 0 Å². The van der Waals surface area contributed by atoms with Crippen molar-refractivity contribution >= 4 is 11.9 Å². The Morgan fingerprint density at radius 3 is 2.81 bits per heavy atom. The normalized spacial score (nSPS) is 21.7. The number of ether oxygens (including phenoxy) is 1. The van der Waals surface area contributed by atoms with Crippen LogP contribution in [0.3, 0.4) is 0 Å². The molecule has 6 nitrogen and oxygen atoms in total. The first-order valence-corrected chi connectivity index (χ1v) is 4.92. The van der Waals surface area contributed by atoms with Crippen LogP contribution in [-0.4, -0.2) is 43.7 Å². The number of amides is 1. The minimum absolute atomic E-state index is 0. The van der Waals surface area contributed by atoms with E-state index in [0.29, 0.717) is 13.2 Å². The van der Waals surface area contributed by atoms with E-state index in [9.17, 15) is 14.7 Å². The zero-order valence-electron chi connectivity index (χ0n) is 9.62. The first-order valence-electron chi connectivity index (χ1n) is 4.92. The molecule has 0 bridgehead atoms. The molecular formula is C9H15KN2O4. The van der Waals surface area contributed by atoms with Crippen molar-refractivity contribution < 1.29 is 70.8 Å². The number of morpholine rings is 1. The standard InChI is InChI=1S/C9H16N2O4.K/c1-6(9(13)14)11-8(12)4-7-5-10-2-3-15-7;/h6-7,10H,2-5H2,1H3,(H,11,12)(H,13,14);/q;+1/p-1/t6-,7?;/m0./s1. The zero-order chi connectivity index (χ0) is 11.3. The van der Waals surface area contributed by atoms with Gasteiger partial charge in [0.05, 0.1) is 31.1 Å². The number of carbonyl (C=O) groups is 2. The van der Waals surface area contributed by atoms with Crippen LogP contribution in [0.5, 0.6) is 0 Å². The Kier molecular flexibility index (Phi) is 8.83. The van der Waals surface area contributed by atoms with Crippen molar-refractivity contribution in [2.45, 2.75) is 25.5 Å². The first kappa shape index (κ1) is 16.5. The predicted molar refractivity (Wildman–Crippen MR) is 49.8 cm³/mol. The summed E-state index contributed by atoms with van der Waals surface area (Å²) in [5.74, 6) is -1.62. The molecule has 0 saturated carbocycles. The smallest absolute Gasteiger partial charge is 0.548 e. The third-order valence-electron chi connectivity index (χ3n) is 2.15. The molecule has 0 aliphatic carbocycles. The van der Waals surface area contributed by atoms with Gasteiger partial charge in [-0.2, -0.15) is 0 Å². The fourth-order valence-electron chi connectivity index (χ4n) is 1.32. The van der Waals surface area contributed by atoms with Crippen molar-refractivity contribution in [3.63, 3.8) is 0 Å².